The molecule has 0 aliphatic heterocycles. The highest BCUT2D eigenvalue weighted by molar-refractivity contribution is 9.10. The molecular formula is C14H23BrN2. The Morgan fingerprint density at radius 2 is 2.00 bits per heavy atom. The molecule has 0 saturated heterocycles. The van der Waals surface area contributed by atoms with Crippen molar-refractivity contribution in [2.24, 2.45) is 0 Å². The van der Waals surface area contributed by atoms with Gasteiger partial charge in [0.15, 0.2) is 0 Å². The molecule has 1 aromatic heterocycles. The fourth-order valence-corrected chi connectivity index (χ4v) is 2.11. The van der Waals surface area contributed by atoms with E-state index in [0.29, 0.717) is 6.04 Å². The van der Waals surface area contributed by atoms with E-state index in [1.165, 1.54) is 38.5 Å². The Labute approximate surface area is 113 Å². The first-order valence-electron chi connectivity index (χ1n) is 6.60. The van der Waals surface area contributed by atoms with E-state index in [4.69, 9.17) is 0 Å². The standard InChI is InChI=1S/C14H23BrN2/c1-3-4-5-6-7-8-12(2)17-13-9-10-14(15)16-11-13/h9-12,17H,3-8H2,1-2H3. The molecule has 17 heavy (non-hydrogen) atoms. The van der Waals surface area contributed by atoms with E-state index in [1.807, 2.05) is 12.3 Å². The molecule has 3 heteroatoms. The smallest absolute Gasteiger partial charge is 0.106 e. The molecule has 1 aromatic rings. The molecular weight excluding hydrogens is 276 g/mol. The number of unbranched alkanes of at least 4 members (excludes halogenated alkanes) is 4. The van der Waals surface area contributed by atoms with Crippen LogP contribution in [0.3, 0.4) is 0 Å². The van der Waals surface area contributed by atoms with E-state index in [0.717, 1.165) is 10.3 Å². The average molecular weight is 299 g/mol. The third-order valence-electron chi connectivity index (χ3n) is 2.88. The highest BCUT2D eigenvalue weighted by Gasteiger charge is 2.02. The fraction of sp³-hybridized carbons (Fsp3) is 0.643. The van der Waals surface area contributed by atoms with Crippen LogP contribution < -0.4 is 5.32 Å². The maximum Gasteiger partial charge on any atom is 0.106 e. The largest absolute Gasteiger partial charge is 0.381 e. The van der Waals surface area contributed by atoms with Gasteiger partial charge in [-0.1, -0.05) is 39.0 Å². The summed E-state index contributed by atoms with van der Waals surface area (Å²) >= 11 is 3.34. The Morgan fingerprint density at radius 1 is 1.24 bits per heavy atom. The van der Waals surface area contributed by atoms with Gasteiger partial charge in [-0.2, -0.15) is 0 Å². The van der Waals surface area contributed by atoms with Gasteiger partial charge in [-0.3, -0.25) is 0 Å². The number of anilines is 1. The first-order chi connectivity index (χ1) is 8.22. The lowest BCUT2D eigenvalue weighted by Crippen LogP contribution is -2.14. The van der Waals surface area contributed by atoms with E-state index in [9.17, 15) is 0 Å². The molecule has 0 bridgehead atoms. The lowest BCUT2D eigenvalue weighted by atomic mass is 10.1. The molecule has 0 saturated carbocycles. The molecule has 0 fully saturated rings. The molecule has 96 valence electrons. The molecule has 0 aromatic carbocycles. The molecule has 0 radical (unpaired) electrons. The van der Waals surface area contributed by atoms with Crippen molar-refractivity contribution in [3.63, 3.8) is 0 Å². The minimum atomic E-state index is 0.527. The van der Waals surface area contributed by atoms with Crippen LogP contribution in [0.5, 0.6) is 0 Å². The highest BCUT2D eigenvalue weighted by Crippen LogP contribution is 2.14. The van der Waals surface area contributed by atoms with Gasteiger partial charge in [0.2, 0.25) is 0 Å². The van der Waals surface area contributed by atoms with Crippen molar-refractivity contribution in [1.82, 2.24) is 4.98 Å². The van der Waals surface area contributed by atoms with E-state index >= 15 is 0 Å². The molecule has 0 spiro atoms. The second-order valence-corrected chi connectivity index (χ2v) is 5.43. The number of nitrogens with zero attached hydrogens (tertiary/aromatic N) is 1. The molecule has 1 N–H and O–H groups in total. The second-order valence-electron chi connectivity index (χ2n) is 4.62. The summed E-state index contributed by atoms with van der Waals surface area (Å²) in [6.45, 7) is 4.49. The minimum absolute atomic E-state index is 0.527. The summed E-state index contributed by atoms with van der Waals surface area (Å²) in [5.74, 6) is 0. The van der Waals surface area contributed by atoms with Gasteiger partial charge in [0, 0.05) is 6.04 Å². The molecule has 1 unspecified atom stereocenters. The minimum Gasteiger partial charge on any atom is -0.381 e. The number of aromatic nitrogens is 1. The zero-order valence-electron chi connectivity index (χ0n) is 10.9. The van der Waals surface area contributed by atoms with Crippen molar-refractivity contribution in [3.05, 3.63) is 22.9 Å². The van der Waals surface area contributed by atoms with Gasteiger partial charge in [-0.25, -0.2) is 4.98 Å². The van der Waals surface area contributed by atoms with Crippen LogP contribution in [-0.2, 0) is 0 Å². The van der Waals surface area contributed by atoms with Crippen LogP contribution in [0.4, 0.5) is 5.69 Å². The van der Waals surface area contributed by atoms with Crippen molar-refractivity contribution in [3.8, 4) is 0 Å². The van der Waals surface area contributed by atoms with E-state index < -0.39 is 0 Å². The number of hydrogen-bond donors (Lipinski definition) is 1. The van der Waals surface area contributed by atoms with Crippen molar-refractivity contribution in [1.29, 1.82) is 0 Å². The van der Waals surface area contributed by atoms with E-state index in [-0.39, 0.29) is 0 Å². The average Bonchev–Trinajstić information content (AvgIpc) is 2.32. The maximum atomic E-state index is 4.21. The predicted octanol–water partition coefficient (Wildman–Crippen LogP) is 5.01. The monoisotopic (exact) mass is 298 g/mol. The number of rotatable bonds is 8. The number of pyridine rings is 1. The van der Waals surface area contributed by atoms with Gasteiger partial charge in [0.25, 0.3) is 0 Å². The van der Waals surface area contributed by atoms with Crippen LogP contribution >= 0.6 is 15.9 Å². The first-order valence-corrected chi connectivity index (χ1v) is 7.39. The fourth-order valence-electron chi connectivity index (χ4n) is 1.87. The number of hydrogen-bond acceptors (Lipinski definition) is 2. The Morgan fingerprint density at radius 3 is 2.65 bits per heavy atom. The quantitative estimate of drug-likeness (QED) is 0.539. The van der Waals surface area contributed by atoms with Gasteiger partial charge in [0.05, 0.1) is 11.9 Å². The molecule has 1 heterocycles. The van der Waals surface area contributed by atoms with Crippen molar-refractivity contribution in [2.75, 3.05) is 5.32 Å². The maximum absolute atomic E-state index is 4.21. The third-order valence-corrected chi connectivity index (χ3v) is 3.35. The van der Waals surface area contributed by atoms with E-state index in [1.54, 1.807) is 0 Å². The Balaban J connectivity index is 2.16. The summed E-state index contributed by atoms with van der Waals surface area (Å²) in [4.78, 5) is 4.21. The summed E-state index contributed by atoms with van der Waals surface area (Å²) in [5.41, 5.74) is 1.11. The second kappa shape index (κ2) is 8.51. The molecule has 0 amide bonds. The van der Waals surface area contributed by atoms with Crippen LogP contribution in [0.25, 0.3) is 0 Å². The van der Waals surface area contributed by atoms with Crippen molar-refractivity contribution in [2.45, 2.75) is 58.4 Å². The van der Waals surface area contributed by atoms with Gasteiger partial charge in [-0.15, -0.1) is 0 Å². The lowest BCUT2D eigenvalue weighted by molar-refractivity contribution is 0.578. The number of halogens is 1. The lowest BCUT2D eigenvalue weighted by Gasteiger charge is -2.14. The van der Waals surface area contributed by atoms with Crippen LogP contribution in [0.1, 0.15) is 52.4 Å². The SMILES string of the molecule is CCCCCCCC(C)Nc1ccc(Br)nc1. The molecule has 1 atom stereocenters. The van der Waals surface area contributed by atoms with E-state index in [2.05, 4.69) is 46.1 Å². The normalized spacial score (nSPS) is 12.4. The van der Waals surface area contributed by atoms with Gasteiger partial charge < -0.3 is 5.32 Å². The van der Waals surface area contributed by atoms with Crippen LogP contribution in [0.15, 0.2) is 22.9 Å². The summed E-state index contributed by atoms with van der Waals surface area (Å²) in [5, 5.41) is 3.48. The topological polar surface area (TPSA) is 24.9 Å². The van der Waals surface area contributed by atoms with Gasteiger partial charge in [0.1, 0.15) is 4.60 Å². The summed E-state index contributed by atoms with van der Waals surface area (Å²) in [7, 11) is 0. The van der Waals surface area contributed by atoms with Gasteiger partial charge >= 0.3 is 0 Å². The predicted molar refractivity (Wildman–Crippen MR) is 78.4 cm³/mol. The highest BCUT2D eigenvalue weighted by atomic mass is 79.9. The Bertz CT molecular complexity index is 298. The summed E-state index contributed by atoms with van der Waals surface area (Å²) < 4.78 is 0.885. The Kier molecular flexibility index (Phi) is 7.25. The molecule has 0 aliphatic rings. The summed E-state index contributed by atoms with van der Waals surface area (Å²) in [6, 6.07) is 4.56. The first kappa shape index (κ1) is 14.5. The zero-order chi connectivity index (χ0) is 12.5. The van der Waals surface area contributed by atoms with Crippen molar-refractivity contribution >= 4 is 21.6 Å². The van der Waals surface area contributed by atoms with Crippen LogP contribution in [0.2, 0.25) is 0 Å². The molecule has 0 aliphatic carbocycles. The van der Waals surface area contributed by atoms with Crippen LogP contribution in [-0.4, -0.2) is 11.0 Å². The number of nitrogens with one attached hydrogen (secondary N) is 1. The third kappa shape index (κ3) is 6.67. The molecule has 1 rings (SSSR count). The zero-order valence-corrected chi connectivity index (χ0v) is 12.5. The van der Waals surface area contributed by atoms with Gasteiger partial charge in [-0.05, 0) is 41.4 Å². The van der Waals surface area contributed by atoms with Crippen LogP contribution in [0, 0.1) is 0 Å². The summed E-state index contributed by atoms with van der Waals surface area (Å²) in [6.07, 6.45) is 9.86. The Hall–Kier alpha value is -0.570. The molecule has 2 nitrogen and oxygen atoms in total. The van der Waals surface area contributed by atoms with Crippen molar-refractivity contribution < 1.29 is 0 Å².